The molecule has 12 heteroatoms. The van der Waals surface area contributed by atoms with Crippen molar-refractivity contribution in [2.24, 2.45) is 0 Å². The Balaban J connectivity index is 1.31. The highest BCUT2D eigenvalue weighted by molar-refractivity contribution is 5.58. The number of halogens is 3. The van der Waals surface area contributed by atoms with E-state index < -0.39 is 16.8 Å². The van der Waals surface area contributed by atoms with Gasteiger partial charge in [-0.25, -0.2) is 0 Å². The second kappa shape index (κ2) is 8.64. The number of aromatic nitrogens is 4. The number of hydrogen-bond acceptors (Lipinski definition) is 7. The van der Waals surface area contributed by atoms with Gasteiger partial charge in [0.1, 0.15) is 31.2 Å². The van der Waals surface area contributed by atoms with Crippen LogP contribution in [0.4, 0.5) is 19.0 Å². The molecule has 164 valence electrons. The molecular formula is C20H14F3N5O4. The van der Waals surface area contributed by atoms with Crippen molar-refractivity contribution in [1.82, 2.24) is 19.5 Å². The summed E-state index contributed by atoms with van der Waals surface area (Å²) >= 11 is 0. The SMILES string of the molecule is O=[N+]([O-])c1cn2c(n1)OC[C@@H](OCC#Cc1ccc(-c3ccc(C(F)(F)F)nc3)nc1)C2. The molecule has 0 amide bonds. The van der Waals surface area contributed by atoms with Crippen molar-refractivity contribution < 1.29 is 27.6 Å². The van der Waals surface area contributed by atoms with Gasteiger partial charge in [-0.15, -0.1) is 0 Å². The fourth-order valence-corrected chi connectivity index (χ4v) is 2.91. The van der Waals surface area contributed by atoms with E-state index in [0.29, 0.717) is 23.4 Å². The molecule has 4 rings (SSSR count). The van der Waals surface area contributed by atoms with E-state index in [-0.39, 0.29) is 31.1 Å². The van der Waals surface area contributed by atoms with Gasteiger partial charge < -0.3 is 19.6 Å². The Bertz CT molecular complexity index is 1180. The van der Waals surface area contributed by atoms with Gasteiger partial charge in [0.25, 0.3) is 0 Å². The molecule has 0 unspecified atom stereocenters. The van der Waals surface area contributed by atoms with Gasteiger partial charge in [0.2, 0.25) is 0 Å². The molecule has 0 saturated heterocycles. The molecule has 0 aliphatic carbocycles. The number of nitrogens with zero attached hydrogens (tertiary/aromatic N) is 5. The topological polar surface area (TPSA) is 105 Å². The van der Waals surface area contributed by atoms with Crippen LogP contribution in [-0.4, -0.2) is 43.8 Å². The summed E-state index contributed by atoms with van der Waals surface area (Å²) in [6.45, 7) is 0.660. The highest BCUT2D eigenvalue weighted by Crippen LogP contribution is 2.28. The van der Waals surface area contributed by atoms with E-state index in [0.717, 1.165) is 12.3 Å². The summed E-state index contributed by atoms with van der Waals surface area (Å²) in [6, 6.07) is 5.72. The van der Waals surface area contributed by atoms with E-state index in [9.17, 15) is 23.3 Å². The molecule has 1 atom stereocenters. The predicted molar refractivity (Wildman–Crippen MR) is 103 cm³/mol. The van der Waals surface area contributed by atoms with Crippen LogP contribution >= 0.6 is 0 Å². The van der Waals surface area contributed by atoms with Gasteiger partial charge in [-0.05, 0) is 29.2 Å². The third-order valence-corrected chi connectivity index (χ3v) is 4.45. The molecule has 1 aliphatic heterocycles. The average molecular weight is 445 g/mol. The van der Waals surface area contributed by atoms with Crippen molar-refractivity contribution in [2.75, 3.05) is 13.2 Å². The van der Waals surface area contributed by atoms with Gasteiger partial charge in [-0.2, -0.15) is 13.2 Å². The lowest BCUT2D eigenvalue weighted by Gasteiger charge is -2.21. The summed E-state index contributed by atoms with van der Waals surface area (Å²) < 4.78 is 50.3. The number of fused-ring (bicyclic) bond motifs is 1. The van der Waals surface area contributed by atoms with Crippen molar-refractivity contribution in [2.45, 2.75) is 18.8 Å². The van der Waals surface area contributed by atoms with Crippen molar-refractivity contribution in [1.29, 1.82) is 0 Å². The molecule has 0 radical (unpaired) electrons. The standard InChI is InChI=1S/C20H14F3N5O4/c21-20(22,23)17-6-4-14(9-25-17)16-5-3-13(8-24-16)2-1-7-31-15-10-27-11-18(28(29)30)26-19(27)32-12-15/h3-6,8-9,11,15H,7,10,12H2/t15-/m0/s1. The number of rotatable bonds is 4. The molecular weight excluding hydrogens is 431 g/mol. The van der Waals surface area contributed by atoms with Gasteiger partial charge in [0.05, 0.1) is 12.2 Å². The van der Waals surface area contributed by atoms with Crippen molar-refractivity contribution in [3.63, 3.8) is 0 Å². The average Bonchev–Trinajstić information content (AvgIpc) is 3.21. The maximum atomic E-state index is 12.6. The van der Waals surface area contributed by atoms with Crippen LogP contribution in [0.1, 0.15) is 11.3 Å². The summed E-state index contributed by atoms with van der Waals surface area (Å²) in [5.41, 5.74) is 0.564. The van der Waals surface area contributed by atoms with E-state index >= 15 is 0 Å². The Morgan fingerprint density at radius 2 is 2.09 bits per heavy atom. The summed E-state index contributed by atoms with van der Waals surface area (Å²) in [4.78, 5) is 21.6. The van der Waals surface area contributed by atoms with Crippen LogP contribution < -0.4 is 4.74 Å². The lowest BCUT2D eigenvalue weighted by Crippen LogP contribution is -2.32. The van der Waals surface area contributed by atoms with E-state index in [1.54, 1.807) is 12.1 Å². The van der Waals surface area contributed by atoms with Crippen molar-refractivity contribution >= 4 is 5.82 Å². The fourth-order valence-electron chi connectivity index (χ4n) is 2.91. The van der Waals surface area contributed by atoms with Gasteiger partial charge in [-0.3, -0.25) is 14.5 Å². The second-order valence-corrected chi connectivity index (χ2v) is 6.70. The first-order valence-electron chi connectivity index (χ1n) is 9.24. The van der Waals surface area contributed by atoms with Crippen LogP contribution in [0.2, 0.25) is 0 Å². The first kappa shape index (κ1) is 21.3. The maximum absolute atomic E-state index is 12.6. The van der Waals surface area contributed by atoms with E-state index in [4.69, 9.17) is 9.47 Å². The molecule has 0 spiro atoms. The minimum Gasteiger partial charge on any atom is -0.443 e. The molecule has 9 nitrogen and oxygen atoms in total. The van der Waals surface area contributed by atoms with E-state index in [1.165, 1.54) is 23.0 Å². The number of pyridine rings is 2. The van der Waals surface area contributed by atoms with Gasteiger partial charge in [0, 0.05) is 28.5 Å². The third kappa shape index (κ3) is 4.84. The Kier molecular flexibility index (Phi) is 5.74. The second-order valence-electron chi connectivity index (χ2n) is 6.70. The minimum absolute atomic E-state index is 0.102. The zero-order chi connectivity index (χ0) is 22.7. The normalized spacial score (nSPS) is 15.3. The molecule has 3 aromatic rings. The molecule has 32 heavy (non-hydrogen) atoms. The third-order valence-electron chi connectivity index (χ3n) is 4.45. The minimum atomic E-state index is -4.49. The molecule has 0 aromatic carbocycles. The van der Waals surface area contributed by atoms with Crippen LogP contribution in [0, 0.1) is 22.0 Å². The summed E-state index contributed by atoms with van der Waals surface area (Å²) in [7, 11) is 0. The quantitative estimate of drug-likeness (QED) is 0.345. The van der Waals surface area contributed by atoms with E-state index in [2.05, 4.69) is 26.8 Å². The van der Waals surface area contributed by atoms with Crippen LogP contribution in [0.15, 0.2) is 42.9 Å². The molecule has 0 saturated carbocycles. The summed E-state index contributed by atoms with van der Waals surface area (Å²) in [5, 5.41) is 10.8. The molecule has 4 heterocycles. The Morgan fingerprint density at radius 1 is 1.25 bits per heavy atom. The molecule has 0 N–H and O–H groups in total. The Labute approximate surface area is 179 Å². The van der Waals surface area contributed by atoms with Crippen LogP contribution in [-0.2, 0) is 17.5 Å². The number of alkyl halides is 3. The van der Waals surface area contributed by atoms with Gasteiger partial charge >= 0.3 is 18.0 Å². The van der Waals surface area contributed by atoms with Crippen LogP contribution in [0.3, 0.4) is 0 Å². The first-order chi connectivity index (χ1) is 15.3. The summed E-state index contributed by atoms with van der Waals surface area (Å²) in [5.74, 6) is 5.43. The highest BCUT2D eigenvalue weighted by Gasteiger charge is 2.32. The van der Waals surface area contributed by atoms with Gasteiger partial charge in [0.15, 0.2) is 0 Å². The zero-order valence-corrected chi connectivity index (χ0v) is 16.2. The van der Waals surface area contributed by atoms with E-state index in [1.807, 2.05) is 0 Å². The Morgan fingerprint density at radius 3 is 2.75 bits per heavy atom. The number of ether oxygens (including phenoxy) is 2. The highest BCUT2D eigenvalue weighted by atomic mass is 19.4. The lowest BCUT2D eigenvalue weighted by atomic mass is 10.1. The Hall–Kier alpha value is -3.98. The largest absolute Gasteiger partial charge is 0.443 e. The molecule has 3 aromatic heterocycles. The van der Waals surface area contributed by atoms with Crippen molar-refractivity contribution in [3.8, 4) is 29.1 Å². The number of nitro groups is 1. The number of hydrogen-bond donors (Lipinski definition) is 0. The number of imidazole rings is 1. The molecule has 0 bridgehead atoms. The first-order valence-corrected chi connectivity index (χ1v) is 9.24. The van der Waals surface area contributed by atoms with Crippen LogP contribution in [0.5, 0.6) is 6.01 Å². The monoisotopic (exact) mass is 445 g/mol. The fraction of sp³-hybridized carbons (Fsp3) is 0.250. The molecule has 1 aliphatic rings. The molecule has 0 fully saturated rings. The summed E-state index contributed by atoms with van der Waals surface area (Å²) in [6.07, 6.45) is -0.915. The maximum Gasteiger partial charge on any atom is 0.433 e. The van der Waals surface area contributed by atoms with Gasteiger partial charge in [-0.1, -0.05) is 11.8 Å². The lowest BCUT2D eigenvalue weighted by molar-refractivity contribution is -0.389. The predicted octanol–water partition coefficient (Wildman–Crippen LogP) is 3.10. The smallest absolute Gasteiger partial charge is 0.433 e. The zero-order valence-electron chi connectivity index (χ0n) is 16.2. The van der Waals surface area contributed by atoms with Crippen molar-refractivity contribution in [3.05, 3.63) is 64.2 Å². The van der Waals surface area contributed by atoms with Crippen LogP contribution in [0.25, 0.3) is 11.3 Å².